The molecule has 0 radical (unpaired) electrons. The molecule has 0 amide bonds. The molecule has 0 saturated heterocycles. The van der Waals surface area contributed by atoms with Gasteiger partial charge in [-0.1, -0.05) is 25.5 Å². The van der Waals surface area contributed by atoms with Crippen LogP contribution in [-0.4, -0.2) is 0 Å². The van der Waals surface area contributed by atoms with Crippen LogP contribution in [0.15, 0.2) is 24.3 Å². The van der Waals surface area contributed by atoms with Crippen molar-refractivity contribution in [2.75, 3.05) is 0 Å². The summed E-state index contributed by atoms with van der Waals surface area (Å²) in [6, 6.07) is 7.68. The topological polar surface area (TPSA) is 26.3 Å². The lowest BCUT2D eigenvalue weighted by Crippen LogP contribution is -1.82. The number of hydrogen-bond donors (Lipinski definition) is 0. The lowest BCUT2D eigenvalue weighted by molar-refractivity contribution is 0.525. The Morgan fingerprint density at radius 2 is 2.00 bits per heavy atom. The Balaban J connectivity index is 2.64. The van der Waals surface area contributed by atoms with Gasteiger partial charge in [0.2, 0.25) is 0 Å². The van der Waals surface area contributed by atoms with Crippen molar-refractivity contribution >= 4 is 8.69 Å². The highest BCUT2D eigenvalue weighted by atomic mass is 31.1. The van der Waals surface area contributed by atoms with Crippen LogP contribution in [0, 0.1) is 0 Å². The average Bonchev–Trinajstić information content (AvgIpc) is 2.09. The van der Waals surface area contributed by atoms with E-state index < -0.39 is 8.69 Å². The molecule has 0 aromatic heterocycles. The molecule has 0 saturated carbocycles. The number of hydrogen-bond acceptors (Lipinski definition) is 2. The van der Waals surface area contributed by atoms with Crippen LogP contribution in [0.3, 0.4) is 0 Å². The molecule has 64 valence electrons. The predicted molar refractivity (Wildman–Crippen MR) is 50.1 cm³/mol. The van der Waals surface area contributed by atoms with E-state index in [1.165, 1.54) is 5.56 Å². The molecule has 0 N–H and O–H groups in total. The summed E-state index contributed by atoms with van der Waals surface area (Å²) in [5.41, 5.74) is 1.29. The van der Waals surface area contributed by atoms with Crippen molar-refractivity contribution in [1.82, 2.24) is 0 Å². The zero-order valence-electron chi connectivity index (χ0n) is 7.04. The van der Waals surface area contributed by atoms with Gasteiger partial charge in [0.05, 0.1) is 0 Å². The van der Waals surface area contributed by atoms with E-state index in [1.54, 1.807) is 0 Å². The van der Waals surface area contributed by atoms with Crippen molar-refractivity contribution in [3.63, 3.8) is 0 Å². The Bertz CT molecular complexity index is 243. The Hall–Kier alpha value is -0.880. The summed E-state index contributed by atoms with van der Waals surface area (Å²) in [5, 5.41) is 0. The van der Waals surface area contributed by atoms with E-state index >= 15 is 0 Å². The third-order valence-corrected chi connectivity index (χ3v) is 1.94. The second kappa shape index (κ2) is 4.89. The largest absolute Gasteiger partial charge is 0.542 e. The minimum Gasteiger partial charge on any atom is -0.256 e. The van der Waals surface area contributed by atoms with E-state index in [4.69, 9.17) is 4.52 Å². The summed E-state index contributed by atoms with van der Waals surface area (Å²) in [6.45, 7) is 2.14. The van der Waals surface area contributed by atoms with Gasteiger partial charge < -0.3 is 0 Å². The fraction of sp³-hybridized carbons (Fsp3) is 0.333. The van der Waals surface area contributed by atoms with Crippen LogP contribution in [0.4, 0.5) is 0 Å². The summed E-state index contributed by atoms with van der Waals surface area (Å²) >= 11 is 0. The van der Waals surface area contributed by atoms with E-state index in [2.05, 4.69) is 6.92 Å². The van der Waals surface area contributed by atoms with Gasteiger partial charge in [-0.05, 0) is 28.7 Å². The molecule has 0 heterocycles. The van der Waals surface area contributed by atoms with Gasteiger partial charge in [0.25, 0.3) is 0 Å². The third kappa shape index (κ3) is 2.63. The Labute approximate surface area is 73.8 Å². The van der Waals surface area contributed by atoms with Crippen LogP contribution < -0.4 is 4.52 Å². The predicted octanol–water partition coefficient (Wildman–Crippen LogP) is 2.96. The van der Waals surface area contributed by atoms with E-state index in [0.717, 1.165) is 12.8 Å². The highest BCUT2D eigenvalue weighted by Gasteiger charge is 1.97. The van der Waals surface area contributed by atoms with Gasteiger partial charge in [-0.15, -0.1) is 0 Å². The molecule has 2 nitrogen and oxygen atoms in total. The lowest BCUT2D eigenvalue weighted by Gasteiger charge is -1.96. The minimum atomic E-state index is -0.717. The van der Waals surface area contributed by atoms with Crippen LogP contribution in [0.1, 0.15) is 18.9 Å². The monoisotopic (exact) mass is 183 g/mol. The summed E-state index contributed by atoms with van der Waals surface area (Å²) in [7, 11) is -0.717. The zero-order chi connectivity index (χ0) is 8.81. The molecule has 1 unspecified atom stereocenters. The van der Waals surface area contributed by atoms with Crippen molar-refractivity contribution in [2.45, 2.75) is 19.8 Å². The molecular formula is C9H12O2P+. The Morgan fingerprint density at radius 3 is 2.50 bits per heavy atom. The summed E-state index contributed by atoms with van der Waals surface area (Å²) in [5.74, 6) is 0.670. The van der Waals surface area contributed by atoms with Gasteiger partial charge in [0.1, 0.15) is 0 Å². The standard InChI is InChI=1S/C9H12O2P/c1-2-3-8-4-6-9(7-5-8)11-12-10/h4-7,12H,2-3H2,1H3/q+1. The first-order chi connectivity index (χ1) is 5.86. The molecule has 0 spiro atoms. The van der Waals surface area contributed by atoms with Crippen LogP contribution in [0.5, 0.6) is 5.75 Å². The van der Waals surface area contributed by atoms with Crippen LogP contribution in [0.25, 0.3) is 0 Å². The molecule has 0 aliphatic carbocycles. The SMILES string of the molecule is CCCc1ccc(O[PH+]=O)cc1. The highest BCUT2D eigenvalue weighted by molar-refractivity contribution is 7.17. The van der Waals surface area contributed by atoms with Gasteiger partial charge in [-0.3, -0.25) is 4.52 Å². The van der Waals surface area contributed by atoms with Crippen molar-refractivity contribution in [3.05, 3.63) is 29.8 Å². The quantitative estimate of drug-likeness (QED) is 0.671. The fourth-order valence-corrected chi connectivity index (χ4v) is 1.29. The van der Waals surface area contributed by atoms with Gasteiger partial charge in [-0.2, -0.15) is 0 Å². The van der Waals surface area contributed by atoms with Gasteiger partial charge in [0, 0.05) is 0 Å². The zero-order valence-corrected chi connectivity index (χ0v) is 8.04. The van der Waals surface area contributed by atoms with Gasteiger partial charge >= 0.3 is 8.69 Å². The first-order valence-electron chi connectivity index (χ1n) is 3.99. The van der Waals surface area contributed by atoms with E-state index in [0.29, 0.717) is 5.75 Å². The summed E-state index contributed by atoms with van der Waals surface area (Å²) < 4.78 is 14.9. The third-order valence-electron chi connectivity index (χ3n) is 1.62. The minimum absolute atomic E-state index is 0.670. The van der Waals surface area contributed by atoms with Crippen LogP contribution in [0.2, 0.25) is 0 Å². The van der Waals surface area contributed by atoms with Crippen molar-refractivity contribution < 1.29 is 9.09 Å². The Morgan fingerprint density at radius 1 is 1.33 bits per heavy atom. The number of aryl methyl sites for hydroxylation is 1. The maximum atomic E-state index is 10.1. The van der Waals surface area contributed by atoms with Gasteiger partial charge in [0.15, 0.2) is 5.75 Å². The summed E-state index contributed by atoms with van der Waals surface area (Å²) in [4.78, 5) is 0. The van der Waals surface area contributed by atoms with Crippen LogP contribution >= 0.6 is 8.69 Å². The molecule has 0 aliphatic heterocycles. The van der Waals surface area contributed by atoms with Gasteiger partial charge in [-0.25, -0.2) is 0 Å². The molecule has 1 aromatic rings. The molecule has 12 heavy (non-hydrogen) atoms. The van der Waals surface area contributed by atoms with Crippen LogP contribution in [-0.2, 0) is 11.0 Å². The highest BCUT2D eigenvalue weighted by Crippen LogP contribution is 2.16. The molecule has 0 bridgehead atoms. The lowest BCUT2D eigenvalue weighted by atomic mass is 10.1. The molecule has 3 heteroatoms. The molecule has 0 aliphatic rings. The Kier molecular flexibility index (Phi) is 3.75. The maximum Gasteiger partial charge on any atom is 0.542 e. The second-order valence-electron chi connectivity index (χ2n) is 2.58. The average molecular weight is 183 g/mol. The van der Waals surface area contributed by atoms with E-state index in [9.17, 15) is 4.57 Å². The maximum absolute atomic E-state index is 10.1. The van der Waals surface area contributed by atoms with Crippen molar-refractivity contribution in [1.29, 1.82) is 0 Å². The normalized spacial score (nSPS) is 10.1. The molecule has 1 atom stereocenters. The number of rotatable bonds is 4. The van der Waals surface area contributed by atoms with Crippen molar-refractivity contribution in [2.24, 2.45) is 0 Å². The van der Waals surface area contributed by atoms with E-state index in [1.807, 2.05) is 24.3 Å². The number of benzene rings is 1. The first kappa shape index (κ1) is 9.21. The smallest absolute Gasteiger partial charge is 0.256 e. The second-order valence-corrected chi connectivity index (χ2v) is 2.95. The first-order valence-corrected chi connectivity index (χ1v) is 4.81. The molecule has 1 aromatic carbocycles. The van der Waals surface area contributed by atoms with Crippen molar-refractivity contribution in [3.8, 4) is 5.75 Å². The molecule has 1 rings (SSSR count). The summed E-state index contributed by atoms with van der Waals surface area (Å²) in [6.07, 6.45) is 2.23. The molecular weight excluding hydrogens is 171 g/mol. The van der Waals surface area contributed by atoms with E-state index in [-0.39, 0.29) is 0 Å². The molecule has 0 fully saturated rings. The fourth-order valence-electron chi connectivity index (χ4n) is 1.06.